The van der Waals surface area contributed by atoms with Gasteiger partial charge in [0.2, 0.25) is 0 Å². The Balaban J connectivity index is 1.58. The van der Waals surface area contributed by atoms with E-state index in [4.69, 9.17) is 43.8 Å². The van der Waals surface area contributed by atoms with E-state index in [9.17, 15) is 0 Å². The van der Waals surface area contributed by atoms with E-state index in [1.165, 1.54) is 0 Å². The third-order valence-electron chi connectivity index (χ3n) is 6.33. The van der Waals surface area contributed by atoms with E-state index in [1.807, 2.05) is 67.6 Å². The maximum absolute atomic E-state index is 6.98. The van der Waals surface area contributed by atoms with E-state index in [-0.39, 0.29) is 5.82 Å². The first-order valence-corrected chi connectivity index (χ1v) is 13.0. The molecule has 0 spiro atoms. The van der Waals surface area contributed by atoms with Gasteiger partial charge in [0, 0.05) is 10.6 Å². The molecule has 0 aliphatic heterocycles. The Kier molecular flexibility index (Phi) is 6.67. The van der Waals surface area contributed by atoms with Gasteiger partial charge in [-0.15, -0.1) is 10.2 Å². The highest BCUT2D eigenvalue weighted by Gasteiger charge is 2.23. The van der Waals surface area contributed by atoms with Crippen molar-refractivity contribution < 1.29 is 4.74 Å². The van der Waals surface area contributed by atoms with Crippen LogP contribution in [0.2, 0.25) is 10.2 Å². The van der Waals surface area contributed by atoms with Gasteiger partial charge in [-0.2, -0.15) is 10.2 Å². The van der Waals surface area contributed by atoms with Crippen LogP contribution >= 0.6 is 23.2 Å². The fraction of sp³-hybridized carbons (Fsp3) is 0.0690. The maximum Gasteiger partial charge on any atom is 0.186 e. The van der Waals surface area contributed by atoms with Crippen LogP contribution in [0.25, 0.3) is 33.8 Å². The van der Waals surface area contributed by atoms with Gasteiger partial charge in [0.25, 0.3) is 0 Å². The first-order chi connectivity index (χ1) is 19.4. The molecule has 0 fully saturated rings. The van der Waals surface area contributed by atoms with Gasteiger partial charge in [-0.25, -0.2) is 14.2 Å². The number of para-hydroxylation sites is 1. The first-order valence-electron chi connectivity index (χ1n) is 12.2. The fourth-order valence-electron chi connectivity index (χ4n) is 4.35. The molecular formula is C29H22Cl2N8O. The number of hydrogen-bond acceptors (Lipinski definition) is 7. The molecule has 0 amide bonds. The average Bonchev–Trinajstić information content (AvgIpc) is 3.46. The summed E-state index contributed by atoms with van der Waals surface area (Å²) in [6.45, 7) is 1.90. The number of nitrogens with two attached hydrogens (primary N) is 1. The van der Waals surface area contributed by atoms with Crippen molar-refractivity contribution in [3.05, 3.63) is 101 Å². The monoisotopic (exact) mass is 568 g/mol. The molecule has 3 aromatic heterocycles. The standard InChI is InChI=1S/C29H22Cl2N8O/c1-17-25(27(31)38(36-17)21-6-4-3-5-7-21)24-16-23(18-8-14-22(40-2)15-9-18)33-29-26(28(32)37-39(24)29)35-34-20-12-10-19(30)11-13-20/h3-16H,1-2H3,(H2,32,37). The molecule has 6 rings (SSSR count). The number of aryl methyl sites for hydroxylation is 1. The zero-order chi connectivity index (χ0) is 27.8. The highest BCUT2D eigenvalue weighted by molar-refractivity contribution is 6.32. The second-order valence-corrected chi connectivity index (χ2v) is 9.69. The molecule has 6 aromatic rings. The van der Waals surface area contributed by atoms with Crippen molar-refractivity contribution in [1.29, 1.82) is 0 Å². The Morgan fingerprint density at radius 2 is 1.60 bits per heavy atom. The van der Waals surface area contributed by atoms with Gasteiger partial charge in [-0.1, -0.05) is 41.4 Å². The zero-order valence-electron chi connectivity index (χ0n) is 21.5. The quantitative estimate of drug-likeness (QED) is 0.205. The molecule has 3 aromatic carbocycles. The zero-order valence-corrected chi connectivity index (χ0v) is 23.0. The first kappa shape index (κ1) is 25.5. The minimum Gasteiger partial charge on any atom is -0.497 e. The van der Waals surface area contributed by atoms with Crippen LogP contribution < -0.4 is 10.5 Å². The van der Waals surface area contributed by atoms with E-state index in [0.717, 1.165) is 17.0 Å². The van der Waals surface area contributed by atoms with Crippen LogP contribution in [0.15, 0.2) is 95.2 Å². The van der Waals surface area contributed by atoms with Crippen molar-refractivity contribution in [3.63, 3.8) is 0 Å². The van der Waals surface area contributed by atoms with Crippen molar-refractivity contribution in [2.45, 2.75) is 6.92 Å². The number of rotatable bonds is 6. The molecule has 40 heavy (non-hydrogen) atoms. The summed E-state index contributed by atoms with van der Waals surface area (Å²) in [6.07, 6.45) is 0. The lowest BCUT2D eigenvalue weighted by Gasteiger charge is -2.10. The summed E-state index contributed by atoms with van der Waals surface area (Å²) in [5, 5.41) is 19.1. The predicted molar refractivity (Wildman–Crippen MR) is 157 cm³/mol. The van der Waals surface area contributed by atoms with Gasteiger partial charge in [0.05, 0.1) is 41.1 Å². The number of aromatic nitrogens is 5. The van der Waals surface area contributed by atoms with Crippen LogP contribution in [0.5, 0.6) is 5.75 Å². The van der Waals surface area contributed by atoms with E-state index >= 15 is 0 Å². The van der Waals surface area contributed by atoms with Crippen LogP contribution in [0.3, 0.4) is 0 Å². The van der Waals surface area contributed by atoms with Crippen molar-refractivity contribution in [2.75, 3.05) is 12.8 Å². The molecule has 0 aliphatic carbocycles. The molecule has 0 saturated carbocycles. The molecule has 0 radical (unpaired) electrons. The minimum atomic E-state index is 0.169. The second-order valence-electron chi connectivity index (χ2n) is 8.90. The summed E-state index contributed by atoms with van der Waals surface area (Å²) < 4.78 is 8.66. The summed E-state index contributed by atoms with van der Waals surface area (Å²) in [5.74, 6) is 0.904. The summed E-state index contributed by atoms with van der Waals surface area (Å²) >= 11 is 13.0. The number of benzene rings is 3. The number of hydrogen-bond donors (Lipinski definition) is 1. The molecule has 0 aliphatic rings. The van der Waals surface area contributed by atoms with Crippen LogP contribution in [-0.4, -0.2) is 31.5 Å². The van der Waals surface area contributed by atoms with Gasteiger partial charge < -0.3 is 10.5 Å². The molecule has 2 N–H and O–H groups in total. The van der Waals surface area contributed by atoms with Gasteiger partial charge in [-0.3, -0.25) is 0 Å². The summed E-state index contributed by atoms with van der Waals surface area (Å²) in [6, 6.07) is 26.2. The number of anilines is 1. The Hall–Kier alpha value is -4.73. The fourth-order valence-corrected chi connectivity index (χ4v) is 4.85. The number of nitrogen functional groups attached to an aromatic ring is 1. The number of azo groups is 1. The van der Waals surface area contributed by atoms with E-state index in [1.54, 1.807) is 40.6 Å². The summed E-state index contributed by atoms with van der Waals surface area (Å²) in [5.41, 5.74) is 12.1. The topological polar surface area (TPSA) is 108 Å². The SMILES string of the molecule is COc1ccc(-c2cc(-c3c(C)nn(-c4ccccc4)c3Cl)n3nc(N)c(N=Nc4ccc(Cl)cc4)c3n2)cc1. The number of nitrogens with zero attached hydrogens (tertiary/aromatic N) is 7. The van der Waals surface area contributed by atoms with Gasteiger partial charge in [0.1, 0.15) is 10.9 Å². The molecule has 0 bridgehead atoms. The van der Waals surface area contributed by atoms with Crippen molar-refractivity contribution in [3.8, 4) is 34.0 Å². The Bertz CT molecular complexity index is 1860. The second kappa shape index (κ2) is 10.4. The highest BCUT2D eigenvalue weighted by atomic mass is 35.5. The molecule has 0 saturated heterocycles. The molecule has 3 heterocycles. The Morgan fingerprint density at radius 1 is 0.875 bits per heavy atom. The normalized spacial score (nSPS) is 11.5. The minimum absolute atomic E-state index is 0.169. The number of methoxy groups -OCH3 is 1. The average molecular weight is 569 g/mol. The lowest BCUT2D eigenvalue weighted by Crippen LogP contribution is -2.00. The highest BCUT2D eigenvalue weighted by Crippen LogP contribution is 2.38. The van der Waals surface area contributed by atoms with Crippen LogP contribution in [0.4, 0.5) is 17.2 Å². The van der Waals surface area contributed by atoms with E-state index in [2.05, 4.69) is 15.3 Å². The molecule has 0 unspecified atom stereocenters. The van der Waals surface area contributed by atoms with E-state index < -0.39 is 0 Å². The lowest BCUT2D eigenvalue weighted by atomic mass is 10.1. The van der Waals surface area contributed by atoms with Crippen molar-refractivity contribution in [2.24, 2.45) is 10.2 Å². The van der Waals surface area contributed by atoms with Crippen LogP contribution in [0.1, 0.15) is 5.69 Å². The summed E-state index contributed by atoms with van der Waals surface area (Å²) in [7, 11) is 1.62. The molecule has 9 nitrogen and oxygen atoms in total. The third kappa shape index (κ3) is 4.66. The Labute approximate surface area is 239 Å². The Morgan fingerprint density at radius 3 is 2.30 bits per heavy atom. The molecule has 11 heteroatoms. The molecular weight excluding hydrogens is 547 g/mol. The molecule has 198 valence electrons. The van der Waals surface area contributed by atoms with Crippen LogP contribution in [0, 0.1) is 6.92 Å². The van der Waals surface area contributed by atoms with Gasteiger partial charge in [0.15, 0.2) is 17.2 Å². The van der Waals surface area contributed by atoms with Crippen molar-refractivity contribution in [1.82, 2.24) is 24.4 Å². The lowest BCUT2D eigenvalue weighted by molar-refractivity contribution is 0.415. The smallest absolute Gasteiger partial charge is 0.186 e. The van der Waals surface area contributed by atoms with Crippen molar-refractivity contribution >= 4 is 46.0 Å². The van der Waals surface area contributed by atoms with Gasteiger partial charge in [-0.05, 0) is 73.7 Å². The summed E-state index contributed by atoms with van der Waals surface area (Å²) in [4.78, 5) is 4.89. The number of ether oxygens (including phenoxy) is 1. The third-order valence-corrected chi connectivity index (χ3v) is 6.93. The number of fused-ring (bicyclic) bond motifs is 1. The van der Waals surface area contributed by atoms with Crippen LogP contribution in [-0.2, 0) is 0 Å². The largest absolute Gasteiger partial charge is 0.497 e. The maximum atomic E-state index is 6.98. The van der Waals surface area contributed by atoms with E-state index in [0.29, 0.717) is 49.8 Å². The molecule has 0 atom stereocenters. The predicted octanol–water partition coefficient (Wildman–Crippen LogP) is 7.87. The van der Waals surface area contributed by atoms with Gasteiger partial charge >= 0.3 is 0 Å². The number of halogens is 2.